The molecule has 4 rings (SSSR count). The summed E-state index contributed by atoms with van der Waals surface area (Å²) in [7, 11) is 1.47. The van der Waals surface area contributed by atoms with Crippen molar-refractivity contribution in [2.75, 3.05) is 33.4 Å². The molecule has 2 amide bonds. The van der Waals surface area contributed by atoms with Crippen molar-refractivity contribution in [3.05, 3.63) is 82.0 Å². The maximum Gasteiger partial charge on any atom is 0.408 e. The van der Waals surface area contributed by atoms with E-state index in [0.717, 1.165) is 27.2 Å². The normalized spacial score (nSPS) is 12.9. The number of fused-ring (bicyclic) bond motifs is 3. The van der Waals surface area contributed by atoms with Crippen molar-refractivity contribution in [2.45, 2.75) is 12.0 Å². The molecule has 35 heavy (non-hydrogen) atoms. The van der Waals surface area contributed by atoms with E-state index < -0.39 is 30.6 Å². The Kier molecular flexibility index (Phi) is 7.79. The molecule has 0 bridgehead atoms. The molecule has 0 fully saturated rings. The van der Waals surface area contributed by atoms with Gasteiger partial charge in [-0.25, -0.2) is 4.79 Å². The van der Waals surface area contributed by atoms with Crippen LogP contribution in [0.2, 0.25) is 0 Å². The van der Waals surface area contributed by atoms with Gasteiger partial charge in [0, 0.05) is 24.4 Å². The lowest BCUT2D eigenvalue weighted by Crippen LogP contribution is -2.46. The van der Waals surface area contributed by atoms with Crippen LogP contribution in [0, 0.1) is 0 Å². The topological polar surface area (TPSA) is 105 Å². The van der Waals surface area contributed by atoms with Crippen LogP contribution >= 0.6 is 11.3 Å². The molecule has 1 aliphatic rings. The van der Waals surface area contributed by atoms with Crippen LogP contribution in [-0.2, 0) is 19.1 Å². The van der Waals surface area contributed by atoms with Crippen LogP contribution in [0.4, 0.5) is 4.79 Å². The van der Waals surface area contributed by atoms with E-state index in [1.54, 1.807) is 17.5 Å². The first-order chi connectivity index (χ1) is 17.0. The number of hydrogen-bond acceptors (Lipinski definition) is 6. The molecular weight excluding hydrogens is 468 g/mol. The Balaban J connectivity index is 1.48. The molecule has 0 spiro atoms. The molecule has 1 aliphatic carbocycles. The van der Waals surface area contributed by atoms with Crippen LogP contribution in [-0.4, -0.2) is 61.4 Å². The molecule has 0 radical (unpaired) electrons. The molecule has 1 aromatic heterocycles. The average Bonchev–Trinajstić information content (AvgIpc) is 3.50. The van der Waals surface area contributed by atoms with E-state index in [1.165, 1.54) is 18.4 Å². The van der Waals surface area contributed by atoms with E-state index in [2.05, 4.69) is 17.4 Å². The zero-order valence-corrected chi connectivity index (χ0v) is 20.0. The zero-order chi connectivity index (χ0) is 24.8. The second-order valence-electron chi connectivity index (χ2n) is 8.06. The Morgan fingerprint density at radius 1 is 1.03 bits per heavy atom. The van der Waals surface area contributed by atoms with Gasteiger partial charge in [0.15, 0.2) is 0 Å². The van der Waals surface area contributed by atoms with Gasteiger partial charge in [-0.15, -0.1) is 11.3 Å². The summed E-state index contributed by atoms with van der Waals surface area (Å²) in [5.74, 6) is -1.81. The molecule has 2 N–H and O–H groups in total. The number of nitrogens with one attached hydrogen (secondary N) is 1. The van der Waals surface area contributed by atoms with E-state index in [1.807, 2.05) is 36.4 Å². The molecule has 1 unspecified atom stereocenters. The molecule has 8 nitrogen and oxygen atoms in total. The third kappa shape index (κ3) is 5.52. The third-order valence-corrected chi connectivity index (χ3v) is 6.82. The summed E-state index contributed by atoms with van der Waals surface area (Å²) in [6.07, 6.45) is -0.749. The Hall–Kier alpha value is -3.69. The number of carboxylic acid groups (broad SMARTS) is 1. The number of thiophene rings is 1. The summed E-state index contributed by atoms with van der Waals surface area (Å²) < 4.78 is 10.6. The van der Waals surface area contributed by atoms with E-state index in [-0.39, 0.29) is 25.7 Å². The standard InChI is InChI=1S/C26H26N2O6S/c1-33-13-12-28(15-23(29)30)25(31)24(22-11-6-14-35-22)27-26(32)34-16-21-19-9-4-2-7-17(19)18-8-3-5-10-20(18)21/h2-11,14,21,24H,12-13,15-16H2,1H3,(H,27,32)(H,29,30). The number of carboxylic acids is 1. The molecule has 3 aromatic rings. The molecule has 0 aliphatic heterocycles. The summed E-state index contributed by atoms with van der Waals surface area (Å²) in [6, 6.07) is 18.4. The van der Waals surface area contributed by atoms with Crippen molar-refractivity contribution in [1.29, 1.82) is 0 Å². The summed E-state index contributed by atoms with van der Waals surface area (Å²) in [4.78, 5) is 39.2. The molecule has 0 saturated carbocycles. The number of hydrogen-bond donors (Lipinski definition) is 2. The van der Waals surface area contributed by atoms with Crippen molar-refractivity contribution in [1.82, 2.24) is 10.2 Å². The van der Waals surface area contributed by atoms with Crippen molar-refractivity contribution < 1.29 is 29.0 Å². The van der Waals surface area contributed by atoms with E-state index in [9.17, 15) is 19.5 Å². The molecule has 9 heteroatoms. The van der Waals surface area contributed by atoms with Gasteiger partial charge in [-0.3, -0.25) is 9.59 Å². The van der Waals surface area contributed by atoms with E-state index in [4.69, 9.17) is 9.47 Å². The second kappa shape index (κ2) is 11.2. The fourth-order valence-corrected chi connectivity index (χ4v) is 5.05. The molecule has 182 valence electrons. The van der Waals surface area contributed by atoms with Gasteiger partial charge in [0.1, 0.15) is 19.2 Å². The number of nitrogens with zero attached hydrogens (tertiary/aromatic N) is 1. The summed E-state index contributed by atoms with van der Waals surface area (Å²) in [5.41, 5.74) is 4.40. The van der Waals surface area contributed by atoms with Gasteiger partial charge in [0.25, 0.3) is 5.91 Å². The number of aliphatic carboxylic acids is 1. The summed E-state index contributed by atoms with van der Waals surface area (Å²) in [6.45, 7) is -0.152. The minimum absolute atomic E-state index is 0.0792. The lowest BCUT2D eigenvalue weighted by Gasteiger charge is -2.26. The quantitative estimate of drug-likeness (QED) is 0.443. The zero-order valence-electron chi connectivity index (χ0n) is 19.2. The number of ether oxygens (including phenoxy) is 2. The molecule has 0 saturated heterocycles. The number of benzene rings is 2. The monoisotopic (exact) mass is 494 g/mol. The Morgan fingerprint density at radius 3 is 2.26 bits per heavy atom. The minimum Gasteiger partial charge on any atom is -0.480 e. The summed E-state index contributed by atoms with van der Waals surface area (Å²) in [5, 5.41) is 13.7. The Bertz CT molecular complexity index is 1150. The maximum absolute atomic E-state index is 13.2. The number of alkyl carbamates (subject to hydrolysis) is 1. The lowest BCUT2D eigenvalue weighted by molar-refractivity contribution is -0.145. The molecular formula is C26H26N2O6S. The smallest absolute Gasteiger partial charge is 0.408 e. The number of rotatable bonds is 10. The first-order valence-corrected chi connectivity index (χ1v) is 12.0. The SMILES string of the molecule is COCCN(CC(=O)O)C(=O)C(NC(=O)OCC1c2ccccc2-c2ccccc21)c1cccs1. The van der Waals surface area contributed by atoms with E-state index >= 15 is 0 Å². The highest BCUT2D eigenvalue weighted by atomic mass is 32.1. The fourth-order valence-electron chi connectivity index (χ4n) is 4.28. The first kappa shape index (κ1) is 24.4. The predicted molar refractivity (Wildman–Crippen MR) is 131 cm³/mol. The van der Waals surface area contributed by atoms with Gasteiger partial charge in [0.05, 0.1) is 6.61 Å². The van der Waals surface area contributed by atoms with Crippen LogP contribution in [0.5, 0.6) is 0 Å². The van der Waals surface area contributed by atoms with Crippen molar-refractivity contribution in [3.63, 3.8) is 0 Å². The molecule has 1 heterocycles. The minimum atomic E-state index is -1.15. The maximum atomic E-state index is 13.2. The Morgan fingerprint density at radius 2 is 1.69 bits per heavy atom. The number of carbonyl (C=O) groups is 3. The van der Waals surface area contributed by atoms with Gasteiger partial charge in [0.2, 0.25) is 0 Å². The van der Waals surface area contributed by atoms with Crippen LogP contribution in [0.25, 0.3) is 11.1 Å². The van der Waals surface area contributed by atoms with Gasteiger partial charge in [-0.05, 0) is 33.7 Å². The Labute approximate surface area is 207 Å². The second-order valence-corrected chi connectivity index (χ2v) is 9.04. The lowest BCUT2D eigenvalue weighted by atomic mass is 9.98. The average molecular weight is 495 g/mol. The largest absolute Gasteiger partial charge is 0.480 e. The number of carbonyl (C=O) groups excluding carboxylic acids is 2. The number of methoxy groups -OCH3 is 1. The van der Waals surface area contributed by atoms with Crippen molar-refractivity contribution >= 4 is 29.3 Å². The number of amides is 2. The molecule has 2 aromatic carbocycles. The van der Waals surface area contributed by atoms with Gasteiger partial charge in [-0.2, -0.15) is 0 Å². The summed E-state index contributed by atoms with van der Waals surface area (Å²) >= 11 is 1.29. The van der Waals surface area contributed by atoms with Gasteiger partial charge >= 0.3 is 12.1 Å². The van der Waals surface area contributed by atoms with Crippen LogP contribution in [0.3, 0.4) is 0 Å². The van der Waals surface area contributed by atoms with Crippen LogP contribution in [0.15, 0.2) is 66.0 Å². The van der Waals surface area contributed by atoms with Crippen LogP contribution < -0.4 is 5.32 Å². The van der Waals surface area contributed by atoms with Gasteiger partial charge in [-0.1, -0.05) is 54.6 Å². The highest BCUT2D eigenvalue weighted by Crippen LogP contribution is 2.44. The van der Waals surface area contributed by atoms with Crippen LogP contribution in [0.1, 0.15) is 28.0 Å². The van der Waals surface area contributed by atoms with Gasteiger partial charge < -0.3 is 24.8 Å². The van der Waals surface area contributed by atoms with Crippen molar-refractivity contribution in [3.8, 4) is 11.1 Å². The molecule has 1 atom stereocenters. The van der Waals surface area contributed by atoms with Crippen molar-refractivity contribution in [2.24, 2.45) is 0 Å². The third-order valence-electron chi connectivity index (χ3n) is 5.88. The highest BCUT2D eigenvalue weighted by molar-refractivity contribution is 7.10. The highest BCUT2D eigenvalue weighted by Gasteiger charge is 2.32. The van der Waals surface area contributed by atoms with E-state index in [0.29, 0.717) is 4.88 Å². The fraction of sp³-hybridized carbons (Fsp3) is 0.269. The predicted octanol–water partition coefficient (Wildman–Crippen LogP) is 3.89. The first-order valence-electron chi connectivity index (χ1n) is 11.1.